The van der Waals surface area contributed by atoms with Gasteiger partial charge >= 0.3 is 0 Å². The summed E-state index contributed by atoms with van der Waals surface area (Å²) in [5.74, 6) is 2.43. The Morgan fingerprint density at radius 1 is 1.62 bits per heavy atom. The number of nitrogen functional groups attached to an aromatic ring is 1. The van der Waals surface area contributed by atoms with Crippen LogP contribution in [0.5, 0.6) is 0 Å². The van der Waals surface area contributed by atoms with Crippen molar-refractivity contribution in [3.63, 3.8) is 0 Å². The largest absolute Gasteiger partial charge is 0.383 e. The van der Waals surface area contributed by atoms with Crippen molar-refractivity contribution >= 4 is 17.6 Å². The zero-order chi connectivity index (χ0) is 9.26. The summed E-state index contributed by atoms with van der Waals surface area (Å²) in [5, 5.41) is 8.74. The molecule has 1 aromatic heterocycles. The van der Waals surface area contributed by atoms with Crippen molar-refractivity contribution in [3.8, 4) is 6.07 Å². The molecule has 2 N–H and O–H groups in total. The van der Waals surface area contributed by atoms with Gasteiger partial charge in [0.2, 0.25) is 0 Å². The smallest absolute Gasteiger partial charge is 0.141 e. The number of fused-ring (bicyclic) bond motifs is 1. The summed E-state index contributed by atoms with van der Waals surface area (Å²) in [6.45, 7) is 0. The molecule has 1 aliphatic rings. The molecule has 0 atom stereocenters. The molecule has 0 aliphatic carbocycles. The van der Waals surface area contributed by atoms with Crippen molar-refractivity contribution in [1.29, 1.82) is 5.26 Å². The van der Waals surface area contributed by atoms with E-state index in [1.54, 1.807) is 0 Å². The quantitative estimate of drug-likeness (QED) is 0.672. The first kappa shape index (κ1) is 8.39. The van der Waals surface area contributed by atoms with Crippen LogP contribution in [0.2, 0.25) is 0 Å². The molecule has 2 rings (SSSR count). The fourth-order valence-electron chi connectivity index (χ4n) is 1.39. The minimum atomic E-state index is 0.369. The van der Waals surface area contributed by atoms with Crippen LogP contribution in [0, 0.1) is 11.3 Å². The van der Waals surface area contributed by atoms with Gasteiger partial charge in [-0.25, -0.2) is 4.98 Å². The van der Waals surface area contributed by atoms with Crippen LogP contribution in [-0.2, 0) is 12.2 Å². The molecule has 0 saturated heterocycles. The van der Waals surface area contributed by atoms with Gasteiger partial charge in [-0.2, -0.15) is 17.0 Å². The Labute approximate surface area is 81.0 Å². The monoisotopic (exact) mass is 191 g/mol. The van der Waals surface area contributed by atoms with E-state index >= 15 is 0 Å². The highest BCUT2D eigenvalue weighted by molar-refractivity contribution is 7.98. The summed E-state index contributed by atoms with van der Waals surface area (Å²) in [6, 6.07) is 3.91. The lowest BCUT2D eigenvalue weighted by molar-refractivity contribution is 0.994. The second-order valence-corrected chi connectivity index (χ2v) is 4.05. The van der Waals surface area contributed by atoms with E-state index < -0.39 is 0 Å². The molecular weight excluding hydrogens is 182 g/mol. The molecule has 4 heteroatoms. The summed E-state index contributed by atoms with van der Waals surface area (Å²) in [5.41, 5.74) is 8.35. The molecule has 0 radical (unpaired) electrons. The SMILES string of the molecule is N#Cc1cc2c(nc1N)CCSC2. The van der Waals surface area contributed by atoms with E-state index in [-0.39, 0.29) is 0 Å². The first-order valence-corrected chi connectivity index (χ1v) is 5.23. The summed E-state index contributed by atoms with van der Waals surface area (Å²) in [4.78, 5) is 4.23. The average Bonchev–Trinajstić information content (AvgIpc) is 2.17. The van der Waals surface area contributed by atoms with Crippen LogP contribution in [0.1, 0.15) is 16.8 Å². The number of thioether (sulfide) groups is 1. The summed E-state index contributed by atoms with van der Waals surface area (Å²) < 4.78 is 0. The molecule has 13 heavy (non-hydrogen) atoms. The number of aryl methyl sites for hydroxylation is 1. The lowest BCUT2D eigenvalue weighted by Crippen LogP contribution is -2.08. The summed E-state index contributed by atoms with van der Waals surface area (Å²) >= 11 is 1.87. The standard InChI is InChI=1S/C9H9N3S/c10-4-6-3-7-5-13-2-1-8(7)12-9(6)11/h3H,1-2,5H2,(H2,11,12). The van der Waals surface area contributed by atoms with E-state index in [0.717, 1.165) is 23.6 Å². The third-order valence-corrected chi connectivity index (χ3v) is 3.09. The van der Waals surface area contributed by atoms with E-state index in [2.05, 4.69) is 4.98 Å². The third-order valence-electron chi connectivity index (χ3n) is 2.08. The second kappa shape index (κ2) is 3.27. The molecule has 0 unspecified atom stereocenters. The van der Waals surface area contributed by atoms with Gasteiger partial charge in [0.1, 0.15) is 11.9 Å². The van der Waals surface area contributed by atoms with Crippen LogP contribution in [0.4, 0.5) is 5.82 Å². The van der Waals surface area contributed by atoms with E-state index in [1.807, 2.05) is 23.9 Å². The van der Waals surface area contributed by atoms with Crippen molar-refractivity contribution < 1.29 is 0 Å². The number of nitrogens with two attached hydrogens (primary N) is 1. The molecule has 66 valence electrons. The van der Waals surface area contributed by atoms with E-state index in [4.69, 9.17) is 11.0 Å². The predicted octanol–water partition coefficient (Wildman–Crippen LogP) is 1.32. The van der Waals surface area contributed by atoms with E-state index in [1.165, 1.54) is 5.56 Å². The van der Waals surface area contributed by atoms with Crippen LogP contribution in [0.3, 0.4) is 0 Å². The van der Waals surface area contributed by atoms with Gasteiger partial charge in [0, 0.05) is 11.4 Å². The Morgan fingerprint density at radius 2 is 2.46 bits per heavy atom. The molecule has 3 nitrogen and oxygen atoms in total. The van der Waals surface area contributed by atoms with Crippen LogP contribution < -0.4 is 5.73 Å². The van der Waals surface area contributed by atoms with Crippen molar-refractivity contribution in [2.75, 3.05) is 11.5 Å². The Bertz CT molecular complexity index is 381. The maximum atomic E-state index is 8.74. The minimum Gasteiger partial charge on any atom is -0.383 e. The van der Waals surface area contributed by atoms with Gasteiger partial charge in [0.05, 0.1) is 5.56 Å². The second-order valence-electron chi connectivity index (χ2n) is 2.94. The molecule has 0 amide bonds. The normalized spacial score (nSPS) is 14.7. The molecule has 0 aromatic carbocycles. The Morgan fingerprint density at radius 3 is 3.23 bits per heavy atom. The third kappa shape index (κ3) is 1.47. The van der Waals surface area contributed by atoms with Crippen molar-refractivity contribution in [2.24, 2.45) is 0 Å². The molecule has 0 fully saturated rings. The molecule has 0 spiro atoms. The van der Waals surface area contributed by atoms with Crippen LogP contribution in [-0.4, -0.2) is 10.7 Å². The van der Waals surface area contributed by atoms with E-state index in [9.17, 15) is 0 Å². The van der Waals surface area contributed by atoms with Gasteiger partial charge in [-0.3, -0.25) is 0 Å². The predicted molar refractivity (Wildman–Crippen MR) is 53.2 cm³/mol. The Kier molecular flexibility index (Phi) is 2.11. The minimum absolute atomic E-state index is 0.369. The van der Waals surface area contributed by atoms with Crippen LogP contribution in [0.15, 0.2) is 6.07 Å². The first-order valence-electron chi connectivity index (χ1n) is 4.07. The first-order chi connectivity index (χ1) is 6.31. The molecular formula is C9H9N3S. The number of pyridine rings is 1. The van der Waals surface area contributed by atoms with Gasteiger partial charge in [-0.15, -0.1) is 0 Å². The zero-order valence-electron chi connectivity index (χ0n) is 7.08. The summed E-state index contributed by atoms with van der Waals surface area (Å²) in [7, 11) is 0. The lowest BCUT2D eigenvalue weighted by Gasteiger charge is -2.14. The lowest BCUT2D eigenvalue weighted by atomic mass is 10.1. The Balaban J connectivity index is 2.52. The number of anilines is 1. The number of aromatic nitrogens is 1. The summed E-state index contributed by atoms with van der Waals surface area (Å²) in [6.07, 6.45) is 0.968. The fourth-order valence-corrected chi connectivity index (χ4v) is 2.34. The van der Waals surface area contributed by atoms with Gasteiger partial charge < -0.3 is 5.73 Å². The highest BCUT2D eigenvalue weighted by Crippen LogP contribution is 2.25. The highest BCUT2D eigenvalue weighted by atomic mass is 32.2. The topological polar surface area (TPSA) is 62.7 Å². The molecule has 0 bridgehead atoms. The van der Waals surface area contributed by atoms with Gasteiger partial charge in [-0.05, 0) is 23.8 Å². The van der Waals surface area contributed by atoms with Gasteiger partial charge in [-0.1, -0.05) is 0 Å². The molecule has 2 heterocycles. The Hall–Kier alpha value is -1.21. The number of nitrogens with zero attached hydrogens (tertiary/aromatic N) is 2. The maximum Gasteiger partial charge on any atom is 0.141 e. The van der Waals surface area contributed by atoms with Crippen molar-refractivity contribution in [1.82, 2.24) is 4.98 Å². The van der Waals surface area contributed by atoms with Crippen molar-refractivity contribution in [2.45, 2.75) is 12.2 Å². The fraction of sp³-hybridized carbons (Fsp3) is 0.333. The average molecular weight is 191 g/mol. The zero-order valence-corrected chi connectivity index (χ0v) is 7.90. The van der Waals surface area contributed by atoms with Crippen LogP contribution in [0.25, 0.3) is 0 Å². The van der Waals surface area contributed by atoms with E-state index in [0.29, 0.717) is 11.4 Å². The number of hydrogen-bond acceptors (Lipinski definition) is 4. The molecule has 0 saturated carbocycles. The maximum absolute atomic E-state index is 8.74. The number of rotatable bonds is 0. The molecule has 1 aliphatic heterocycles. The van der Waals surface area contributed by atoms with Crippen molar-refractivity contribution in [3.05, 3.63) is 22.9 Å². The highest BCUT2D eigenvalue weighted by Gasteiger charge is 2.13. The number of hydrogen-bond donors (Lipinski definition) is 1. The van der Waals surface area contributed by atoms with Crippen LogP contribution >= 0.6 is 11.8 Å². The molecule has 1 aromatic rings. The van der Waals surface area contributed by atoms with Gasteiger partial charge in [0.15, 0.2) is 0 Å². The number of nitriles is 1. The van der Waals surface area contributed by atoms with Gasteiger partial charge in [0.25, 0.3) is 0 Å².